The summed E-state index contributed by atoms with van der Waals surface area (Å²) in [6.45, 7) is 6.44. The fourth-order valence-corrected chi connectivity index (χ4v) is 2.04. The minimum absolute atomic E-state index is 0.108. The van der Waals surface area contributed by atoms with E-state index in [0.717, 1.165) is 17.7 Å². The van der Waals surface area contributed by atoms with Gasteiger partial charge >= 0.3 is 0 Å². The van der Waals surface area contributed by atoms with Crippen LogP contribution in [0.4, 0.5) is 0 Å². The SMILES string of the molecule is CC(C)(C)[C@H](N)C(=O)NCCc1cnn(-c2ccccc2)c1. The first-order chi connectivity index (χ1) is 10.4. The molecule has 0 bridgehead atoms. The zero-order valence-electron chi connectivity index (χ0n) is 13.4. The highest BCUT2D eigenvalue weighted by molar-refractivity contribution is 5.82. The molecule has 0 aliphatic rings. The van der Waals surface area contributed by atoms with Crippen molar-refractivity contribution >= 4 is 5.91 Å². The number of carbonyl (C=O) groups is 1. The van der Waals surface area contributed by atoms with Crippen molar-refractivity contribution in [3.8, 4) is 5.69 Å². The van der Waals surface area contributed by atoms with Gasteiger partial charge in [0.2, 0.25) is 5.91 Å². The van der Waals surface area contributed by atoms with Gasteiger partial charge in [0.1, 0.15) is 0 Å². The van der Waals surface area contributed by atoms with E-state index in [1.165, 1.54) is 0 Å². The van der Waals surface area contributed by atoms with Gasteiger partial charge in [-0.3, -0.25) is 4.79 Å². The molecule has 1 amide bonds. The molecule has 5 heteroatoms. The van der Waals surface area contributed by atoms with Crippen LogP contribution in [0.1, 0.15) is 26.3 Å². The van der Waals surface area contributed by atoms with Gasteiger partial charge in [-0.15, -0.1) is 0 Å². The Balaban J connectivity index is 1.86. The molecule has 0 radical (unpaired) electrons. The van der Waals surface area contributed by atoms with Crippen molar-refractivity contribution in [3.05, 3.63) is 48.3 Å². The number of nitrogens with one attached hydrogen (secondary N) is 1. The maximum absolute atomic E-state index is 11.9. The second-order valence-electron chi connectivity index (χ2n) is 6.51. The van der Waals surface area contributed by atoms with Gasteiger partial charge in [0, 0.05) is 12.7 Å². The molecule has 1 aromatic carbocycles. The Kier molecular flexibility index (Phi) is 4.98. The molecule has 2 rings (SSSR count). The molecule has 0 aliphatic carbocycles. The summed E-state index contributed by atoms with van der Waals surface area (Å²) in [4.78, 5) is 11.9. The first-order valence-corrected chi connectivity index (χ1v) is 7.50. The number of carbonyl (C=O) groups excluding carboxylic acids is 1. The van der Waals surface area contributed by atoms with Gasteiger partial charge in [0.15, 0.2) is 0 Å². The highest BCUT2D eigenvalue weighted by Crippen LogP contribution is 2.17. The Morgan fingerprint density at radius 2 is 2.00 bits per heavy atom. The summed E-state index contributed by atoms with van der Waals surface area (Å²) < 4.78 is 1.83. The zero-order chi connectivity index (χ0) is 16.2. The van der Waals surface area contributed by atoms with Gasteiger partial charge in [-0.25, -0.2) is 4.68 Å². The quantitative estimate of drug-likeness (QED) is 0.886. The third kappa shape index (κ3) is 4.18. The summed E-state index contributed by atoms with van der Waals surface area (Å²) in [5.41, 5.74) is 7.79. The summed E-state index contributed by atoms with van der Waals surface area (Å²) in [5, 5.41) is 7.22. The van der Waals surface area contributed by atoms with Crippen molar-refractivity contribution in [1.82, 2.24) is 15.1 Å². The van der Waals surface area contributed by atoms with Crippen LogP contribution in [0.15, 0.2) is 42.7 Å². The molecule has 118 valence electrons. The van der Waals surface area contributed by atoms with E-state index in [0.29, 0.717) is 6.54 Å². The molecule has 0 unspecified atom stereocenters. The van der Waals surface area contributed by atoms with E-state index in [4.69, 9.17) is 5.73 Å². The normalized spacial score (nSPS) is 12.9. The molecule has 0 saturated heterocycles. The monoisotopic (exact) mass is 300 g/mol. The number of nitrogens with two attached hydrogens (primary N) is 1. The van der Waals surface area contributed by atoms with E-state index in [9.17, 15) is 4.79 Å². The molecule has 0 saturated carbocycles. The lowest BCUT2D eigenvalue weighted by atomic mass is 9.87. The lowest BCUT2D eigenvalue weighted by molar-refractivity contribution is -0.124. The minimum Gasteiger partial charge on any atom is -0.354 e. The molecule has 0 spiro atoms. The van der Waals surface area contributed by atoms with Crippen LogP contribution in [0, 0.1) is 5.41 Å². The Bertz CT molecular complexity index is 613. The van der Waals surface area contributed by atoms with Gasteiger partial charge < -0.3 is 11.1 Å². The van der Waals surface area contributed by atoms with Crippen molar-refractivity contribution in [3.63, 3.8) is 0 Å². The van der Waals surface area contributed by atoms with Crippen LogP contribution in [-0.4, -0.2) is 28.3 Å². The number of para-hydroxylation sites is 1. The highest BCUT2D eigenvalue weighted by atomic mass is 16.2. The Morgan fingerprint density at radius 1 is 1.32 bits per heavy atom. The van der Waals surface area contributed by atoms with Crippen LogP contribution < -0.4 is 11.1 Å². The second kappa shape index (κ2) is 6.75. The average Bonchev–Trinajstić information content (AvgIpc) is 2.95. The number of benzene rings is 1. The van der Waals surface area contributed by atoms with Crippen molar-refractivity contribution < 1.29 is 4.79 Å². The molecule has 0 aliphatic heterocycles. The van der Waals surface area contributed by atoms with E-state index >= 15 is 0 Å². The smallest absolute Gasteiger partial charge is 0.237 e. The zero-order valence-corrected chi connectivity index (χ0v) is 13.4. The maximum atomic E-state index is 11.9. The maximum Gasteiger partial charge on any atom is 0.237 e. The number of rotatable bonds is 5. The summed E-state index contributed by atoms with van der Waals surface area (Å²) in [5.74, 6) is -0.108. The van der Waals surface area contributed by atoms with Crippen LogP contribution in [0.2, 0.25) is 0 Å². The second-order valence-corrected chi connectivity index (χ2v) is 6.51. The summed E-state index contributed by atoms with van der Waals surface area (Å²) in [6, 6.07) is 9.43. The standard InChI is InChI=1S/C17H24N4O/c1-17(2,3)15(18)16(22)19-10-9-13-11-20-21(12-13)14-7-5-4-6-8-14/h4-8,11-12,15H,9-10,18H2,1-3H3,(H,19,22)/t15-/m1/s1. The van der Waals surface area contributed by atoms with Gasteiger partial charge in [-0.2, -0.15) is 5.10 Å². The van der Waals surface area contributed by atoms with Crippen molar-refractivity contribution in [1.29, 1.82) is 0 Å². The Morgan fingerprint density at radius 3 is 2.64 bits per heavy atom. The molecule has 5 nitrogen and oxygen atoms in total. The lowest BCUT2D eigenvalue weighted by Crippen LogP contribution is -2.48. The fourth-order valence-electron chi connectivity index (χ4n) is 2.04. The van der Waals surface area contributed by atoms with Crippen molar-refractivity contribution in [2.45, 2.75) is 33.2 Å². The first kappa shape index (κ1) is 16.2. The van der Waals surface area contributed by atoms with Crippen LogP contribution >= 0.6 is 0 Å². The van der Waals surface area contributed by atoms with E-state index in [1.54, 1.807) is 0 Å². The van der Waals surface area contributed by atoms with Crippen molar-refractivity contribution in [2.24, 2.45) is 11.1 Å². The summed E-state index contributed by atoms with van der Waals surface area (Å²) in [7, 11) is 0. The number of amides is 1. The number of hydrogen-bond acceptors (Lipinski definition) is 3. The Hall–Kier alpha value is -2.14. The van der Waals surface area contributed by atoms with E-state index < -0.39 is 6.04 Å². The molecular formula is C17H24N4O. The average molecular weight is 300 g/mol. The van der Waals surface area contributed by atoms with Crippen LogP contribution in [0.3, 0.4) is 0 Å². The van der Waals surface area contributed by atoms with Crippen LogP contribution in [0.5, 0.6) is 0 Å². The molecule has 1 heterocycles. The molecule has 1 atom stereocenters. The van der Waals surface area contributed by atoms with E-state index in [-0.39, 0.29) is 11.3 Å². The fraction of sp³-hybridized carbons (Fsp3) is 0.412. The van der Waals surface area contributed by atoms with Gasteiger partial charge in [-0.05, 0) is 29.5 Å². The van der Waals surface area contributed by atoms with Crippen LogP contribution in [0.25, 0.3) is 5.69 Å². The third-order valence-corrected chi connectivity index (χ3v) is 3.59. The lowest BCUT2D eigenvalue weighted by Gasteiger charge is -2.25. The van der Waals surface area contributed by atoms with Crippen LogP contribution in [-0.2, 0) is 11.2 Å². The third-order valence-electron chi connectivity index (χ3n) is 3.59. The molecule has 0 fully saturated rings. The molecule has 2 aromatic rings. The predicted octanol–water partition coefficient (Wildman–Crippen LogP) is 1.90. The van der Waals surface area contributed by atoms with Gasteiger partial charge in [0.05, 0.1) is 17.9 Å². The minimum atomic E-state index is -0.500. The first-order valence-electron chi connectivity index (χ1n) is 7.50. The number of hydrogen-bond donors (Lipinski definition) is 2. The Labute approximate surface area is 131 Å². The molecular weight excluding hydrogens is 276 g/mol. The highest BCUT2D eigenvalue weighted by Gasteiger charge is 2.26. The van der Waals surface area contributed by atoms with E-state index in [2.05, 4.69) is 10.4 Å². The van der Waals surface area contributed by atoms with Gasteiger partial charge in [-0.1, -0.05) is 39.0 Å². The number of aromatic nitrogens is 2. The molecule has 1 aromatic heterocycles. The largest absolute Gasteiger partial charge is 0.354 e. The van der Waals surface area contributed by atoms with Gasteiger partial charge in [0.25, 0.3) is 0 Å². The molecule has 3 N–H and O–H groups in total. The van der Waals surface area contributed by atoms with E-state index in [1.807, 2.05) is 68.2 Å². The number of nitrogens with zero attached hydrogens (tertiary/aromatic N) is 2. The summed E-state index contributed by atoms with van der Waals surface area (Å²) in [6.07, 6.45) is 4.53. The predicted molar refractivity (Wildman–Crippen MR) is 87.7 cm³/mol. The summed E-state index contributed by atoms with van der Waals surface area (Å²) >= 11 is 0. The van der Waals surface area contributed by atoms with Crippen molar-refractivity contribution in [2.75, 3.05) is 6.54 Å². The topological polar surface area (TPSA) is 72.9 Å². The molecule has 22 heavy (non-hydrogen) atoms.